The van der Waals surface area contributed by atoms with Gasteiger partial charge in [-0.05, 0) is 45.8 Å². The summed E-state index contributed by atoms with van der Waals surface area (Å²) in [4.78, 5) is 27.0. The summed E-state index contributed by atoms with van der Waals surface area (Å²) in [5, 5.41) is 0. The maximum atomic E-state index is 12.1. The molecule has 0 radical (unpaired) electrons. The number of nitrogens with two attached hydrogens (primary N) is 1. The SMILES string of the molecule is CN(CCCCC(=O)OCc1ccccc1)C[C@H]1O[C@@H](n2cnc3c(N)ncnc32)[C@@H]2OC(C)(C)O[C@@H]21. The Labute approximate surface area is 215 Å². The molecule has 2 N–H and O–H groups in total. The topological polar surface area (TPSA) is 127 Å². The van der Waals surface area contributed by atoms with Crippen LogP contribution in [-0.2, 0) is 30.3 Å². The molecule has 2 aromatic heterocycles. The van der Waals surface area contributed by atoms with Gasteiger partial charge < -0.3 is 29.6 Å². The van der Waals surface area contributed by atoms with E-state index in [0.717, 1.165) is 24.9 Å². The first kappa shape index (κ1) is 25.5. The van der Waals surface area contributed by atoms with Crippen LogP contribution in [0.15, 0.2) is 43.0 Å². The van der Waals surface area contributed by atoms with Crippen LogP contribution in [0.25, 0.3) is 11.2 Å². The molecule has 37 heavy (non-hydrogen) atoms. The minimum atomic E-state index is -0.724. The average Bonchev–Trinajstić information content (AvgIpc) is 3.53. The molecular formula is C26H34N6O5. The van der Waals surface area contributed by atoms with E-state index in [1.165, 1.54) is 6.33 Å². The Bertz CT molecular complexity index is 1220. The van der Waals surface area contributed by atoms with Crippen molar-refractivity contribution in [3.63, 3.8) is 0 Å². The number of aromatic nitrogens is 4. The van der Waals surface area contributed by atoms with Crippen LogP contribution in [0.2, 0.25) is 0 Å². The fraction of sp³-hybridized carbons (Fsp3) is 0.538. The number of benzene rings is 1. The van der Waals surface area contributed by atoms with Gasteiger partial charge in [0.1, 0.15) is 36.8 Å². The molecule has 2 aliphatic rings. The molecule has 0 unspecified atom stereocenters. The molecule has 11 nitrogen and oxygen atoms in total. The molecular weight excluding hydrogens is 476 g/mol. The van der Waals surface area contributed by atoms with Crippen molar-refractivity contribution in [2.75, 3.05) is 25.9 Å². The van der Waals surface area contributed by atoms with Gasteiger partial charge in [-0.15, -0.1) is 0 Å². The zero-order valence-electron chi connectivity index (χ0n) is 21.4. The summed E-state index contributed by atoms with van der Waals surface area (Å²) in [6.07, 6.45) is 3.87. The first-order valence-electron chi connectivity index (χ1n) is 12.6. The summed E-state index contributed by atoms with van der Waals surface area (Å²) in [6, 6.07) is 9.70. The number of nitrogen functional groups attached to an aromatic ring is 1. The predicted octanol–water partition coefficient (Wildman–Crippen LogP) is 2.67. The first-order valence-corrected chi connectivity index (χ1v) is 12.6. The second-order valence-electron chi connectivity index (χ2n) is 10.1. The Morgan fingerprint density at radius 1 is 1.14 bits per heavy atom. The Hall–Kier alpha value is -3.12. The van der Waals surface area contributed by atoms with Crippen molar-refractivity contribution < 1.29 is 23.7 Å². The lowest BCUT2D eigenvalue weighted by Crippen LogP contribution is -2.38. The Morgan fingerprint density at radius 2 is 1.92 bits per heavy atom. The number of carbonyl (C=O) groups is 1. The number of ether oxygens (including phenoxy) is 4. The highest BCUT2D eigenvalue weighted by atomic mass is 16.8. The molecule has 0 spiro atoms. The highest BCUT2D eigenvalue weighted by Crippen LogP contribution is 2.44. The lowest BCUT2D eigenvalue weighted by Gasteiger charge is -2.27. The van der Waals surface area contributed by atoms with E-state index in [1.807, 2.05) is 55.8 Å². The van der Waals surface area contributed by atoms with Crippen molar-refractivity contribution in [3.8, 4) is 0 Å². The first-order chi connectivity index (χ1) is 17.8. The molecule has 2 saturated heterocycles. The van der Waals surface area contributed by atoms with Gasteiger partial charge in [-0.2, -0.15) is 0 Å². The van der Waals surface area contributed by atoms with Crippen molar-refractivity contribution >= 4 is 23.0 Å². The number of likely N-dealkylation sites (N-methyl/N-ethyl adjacent to an activating group) is 1. The second kappa shape index (κ2) is 10.7. The highest BCUT2D eigenvalue weighted by Gasteiger charge is 2.56. The van der Waals surface area contributed by atoms with E-state index >= 15 is 0 Å². The van der Waals surface area contributed by atoms with Crippen LogP contribution in [0.1, 0.15) is 44.9 Å². The molecule has 0 saturated carbocycles. The van der Waals surface area contributed by atoms with Gasteiger partial charge in [0.25, 0.3) is 0 Å². The molecule has 4 atom stereocenters. The molecule has 0 aliphatic carbocycles. The third-order valence-electron chi connectivity index (χ3n) is 6.69. The predicted molar refractivity (Wildman–Crippen MR) is 135 cm³/mol. The van der Waals surface area contributed by atoms with Crippen molar-refractivity contribution in [2.24, 2.45) is 0 Å². The molecule has 11 heteroatoms. The number of anilines is 1. The summed E-state index contributed by atoms with van der Waals surface area (Å²) >= 11 is 0. The number of fused-ring (bicyclic) bond motifs is 2. The van der Waals surface area contributed by atoms with Crippen LogP contribution >= 0.6 is 0 Å². The third-order valence-corrected chi connectivity index (χ3v) is 6.69. The molecule has 5 rings (SSSR count). The third kappa shape index (κ3) is 5.74. The number of hydrogen-bond donors (Lipinski definition) is 1. The van der Waals surface area contributed by atoms with Crippen LogP contribution < -0.4 is 5.73 Å². The zero-order chi connectivity index (χ0) is 26.0. The maximum Gasteiger partial charge on any atom is 0.306 e. The van der Waals surface area contributed by atoms with E-state index < -0.39 is 12.0 Å². The minimum Gasteiger partial charge on any atom is -0.461 e. The molecule has 0 bridgehead atoms. The van der Waals surface area contributed by atoms with Gasteiger partial charge >= 0.3 is 5.97 Å². The molecule has 2 aliphatic heterocycles. The van der Waals surface area contributed by atoms with Crippen molar-refractivity contribution in [3.05, 3.63) is 48.5 Å². The fourth-order valence-electron chi connectivity index (χ4n) is 4.95. The van der Waals surface area contributed by atoms with E-state index in [9.17, 15) is 4.79 Å². The summed E-state index contributed by atoms with van der Waals surface area (Å²) in [7, 11) is 2.04. The lowest BCUT2D eigenvalue weighted by molar-refractivity contribution is -0.197. The summed E-state index contributed by atoms with van der Waals surface area (Å²) < 4.78 is 26.2. The normalized spacial score (nSPS) is 24.5. The van der Waals surface area contributed by atoms with Gasteiger partial charge in [0.2, 0.25) is 0 Å². The summed E-state index contributed by atoms with van der Waals surface area (Å²) in [5.74, 6) is -0.576. The highest BCUT2D eigenvalue weighted by molar-refractivity contribution is 5.81. The number of esters is 1. The fourth-order valence-corrected chi connectivity index (χ4v) is 4.95. The number of nitrogens with zero attached hydrogens (tertiary/aromatic N) is 5. The van der Waals surface area contributed by atoms with E-state index in [1.54, 1.807) is 6.33 Å². The molecule has 2 fully saturated rings. The van der Waals surface area contributed by atoms with Crippen LogP contribution in [0.3, 0.4) is 0 Å². The molecule has 3 aromatic rings. The van der Waals surface area contributed by atoms with Crippen LogP contribution in [0, 0.1) is 0 Å². The number of imidazole rings is 1. The minimum absolute atomic E-state index is 0.174. The van der Waals surface area contributed by atoms with Gasteiger partial charge in [-0.1, -0.05) is 30.3 Å². The van der Waals surface area contributed by atoms with Gasteiger partial charge in [0, 0.05) is 13.0 Å². The zero-order valence-corrected chi connectivity index (χ0v) is 21.4. The van der Waals surface area contributed by atoms with Crippen molar-refractivity contribution in [1.29, 1.82) is 0 Å². The maximum absolute atomic E-state index is 12.1. The van der Waals surface area contributed by atoms with Crippen molar-refractivity contribution in [2.45, 2.75) is 70.0 Å². The quantitative estimate of drug-likeness (QED) is 0.321. The number of carbonyl (C=O) groups excluding carboxylic acids is 1. The van der Waals surface area contributed by atoms with E-state index in [0.29, 0.717) is 36.6 Å². The largest absolute Gasteiger partial charge is 0.461 e. The molecule has 0 amide bonds. The second-order valence-corrected chi connectivity index (χ2v) is 10.1. The number of unbranched alkanes of at least 4 members (excludes halogenated alkanes) is 1. The van der Waals surface area contributed by atoms with Crippen LogP contribution in [-0.4, -0.2) is 74.6 Å². The lowest BCUT2D eigenvalue weighted by atomic mass is 10.1. The van der Waals surface area contributed by atoms with Crippen molar-refractivity contribution in [1.82, 2.24) is 24.4 Å². The van der Waals surface area contributed by atoms with E-state index in [-0.39, 0.29) is 24.3 Å². The monoisotopic (exact) mass is 510 g/mol. The van der Waals surface area contributed by atoms with E-state index in [4.69, 9.17) is 24.7 Å². The van der Waals surface area contributed by atoms with E-state index in [2.05, 4.69) is 19.9 Å². The smallest absolute Gasteiger partial charge is 0.306 e. The summed E-state index contributed by atoms with van der Waals surface area (Å²) in [6.45, 7) is 5.60. The number of hydrogen-bond acceptors (Lipinski definition) is 10. The van der Waals surface area contributed by atoms with Gasteiger partial charge in [-0.25, -0.2) is 15.0 Å². The van der Waals surface area contributed by atoms with Gasteiger partial charge in [0.05, 0.1) is 6.33 Å². The molecule has 1 aromatic carbocycles. The number of rotatable bonds is 10. The Kier molecular flexibility index (Phi) is 7.38. The van der Waals surface area contributed by atoms with Crippen LogP contribution in [0.4, 0.5) is 5.82 Å². The van der Waals surface area contributed by atoms with Crippen LogP contribution in [0.5, 0.6) is 0 Å². The van der Waals surface area contributed by atoms with Gasteiger partial charge in [-0.3, -0.25) is 9.36 Å². The van der Waals surface area contributed by atoms with Gasteiger partial charge in [0.15, 0.2) is 23.5 Å². The Balaban J connectivity index is 1.14. The molecule has 198 valence electrons. The summed E-state index contributed by atoms with van der Waals surface area (Å²) in [5.41, 5.74) is 8.09. The Morgan fingerprint density at radius 3 is 2.73 bits per heavy atom. The standard InChI is InChI=1S/C26H34N6O5/c1-26(2)36-21-18(13-31(3)12-8-7-11-19(33)34-14-17-9-5-4-6-10-17)35-25(22(21)37-26)32-16-30-20-23(27)28-15-29-24(20)32/h4-6,9-10,15-16,18,21-22,25H,7-8,11-14H2,1-3H3,(H2,27,28,29)/t18-,21-,22-,25-/m1/s1. The average molecular weight is 511 g/mol. The molecule has 4 heterocycles.